The molecule has 0 bridgehead atoms. The molecular formula is C35H39N3O4S. The minimum absolute atomic E-state index is 0.0869. The molecule has 1 N–H and O–H groups in total. The fourth-order valence-electron chi connectivity index (χ4n) is 4.93. The Morgan fingerprint density at radius 1 is 0.744 bits per heavy atom. The zero-order valence-corrected chi connectivity index (χ0v) is 26.0. The summed E-state index contributed by atoms with van der Waals surface area (Å²) in [4.78, 5) is 29.6. The molecule has 0 aliphatic carbocycles. The van der Waals surface area contributed by atoms with Gasteiger partial charge in [0.25, 0.3) is 10.0 Å². The summed E-state index contributed by atoms with van der Waals surface area (Å²) in [5.41, 5.74) is 4.84. The summed E-state index contributed by atoms with van der Waals surface area (Å²) >= 11 is 0. The molecule has 4 aromatic rings. The molecule has 4 aromatic carbocycles. The van der Waals surface area contributed by atoms with Crippen molar-refractivity contribution in [2.75, 3.05) is 17.4 Å². The number of carbonyl (C=O) groups excluding carboxylic acids is 2. The van der Waals surface area contributed by atoms with Crippen molar-refractivity contribution in [3.63, 3.8) is 0 Å². The predicted octanol–water partition coefficient (Wildman–Crippen LogP) is 5.58. The van der Waals surface area contributed by atoms with Crippen LogP contribution < -0.4 is 9.62 Å². The Hall–Kier alpha value is -4.43. The molecule has 224 valence electrons. The van der Waals surface area contributed by atoms with Gasteiger partial charge in [-0.1, -0.05) is 96.1 Å². The Bertz CT molecular complexity index is 1640. The molecule has 0 radical (unpaired) electrons. The summed E-state index contributed by atoms with van der Waals surface area (Å²) in [5.74, 6) is -0.776. The van der Waals surface area contributed by atoms with Gasteiger partial charge in [-0.3, -0.25) is 13.9 Å². The molecule has 0 saturated carbocycles. The molecule has 0 aromatic heterocycles. The molecule has 7 nitrogen and oxygen atoms in total. The molecule has 1 atom stereocenters. The van der Waals surface area contributed by atoms with Gasteiger partial charge in [-0.15, -0.1) is 0 Å². The molecule has 8 heteroatoms. The minimum Gasteiger partial charge on any atom is -0.355 e. The van der Waals surface area contributed by atoms with E-state index in [2.05, 4.69) is 5.32 Å². The highest BCUT2D eigenvalue weighted by Gasteiger charge is 2.34. The molecule has 0 fully saturated rings. The van der Waals surface area contributed by atoms with Crippen LogP contribution in [0, 0.1) is 20.8 Å². The number of anilines is 1. The molecule has 2 amide bonds. The van der Waals surface area contributed by atoms with Gasteiger partial charge < -0.3 is 10.2 Å². The van der Waals surface area contributed by atoms with Gasteiger partial charge in [-0.25, -0.2) is 8.42 Å². The van der Waals surface area contributed by atoms with Crippen molar-refractivity contribution >= 4 is 27.5 Å². The first kappa shape index (κ1) is 31.5. The highest BCUT2D eigenvalue weighted by molar-refractivity contribution is 7.92. The Balaban J connectivity index is 1.80. The summed E-state index contributed by atoms with van der Waals surface area (Å²) in [7, 11) is -4.13. The van der Waals surface area contributed by atoms with E-state index in [-0.39, 0.29) is 23.8 Å². The number of aryl methyl sites for hydroxylation is 3. The lowest BCUT2D eigenvalue weighted by Crippen LogP contribution is -2.53. The summed E-state index contributed by atoms with van der Waals surface area (Å²) in [6.45, 7) is 7.57. The van der Waals surface area contributed by atoms with Crippen LogP contribution in [0.4, 0.5) is 5.69 Å². The van der Waals surface area contributed by atoms with E-state index in [4.69, 9.17) is 0 Å². The number of likely N-dealkylation sites (N-methyl/N-ethyl adjacent to an activating group) is 1. The SMILES string of the molecule is CCNC(=O)[C@H](Cc1ccccc1)N(Cc1ccc(C)cc1)C(=O)CN(c1ccccc1C)S(=O)(=O)c1ccc(C)cc1. The average Bonchev–Trinajstić information content (AvgIpc) is 3.00. The number of benzene rings is 4. The number of hydrogen-bond donors (Lipinski definition) is 1. The Morgan fingerprint density at radius 3 is 1.93 bits per heavy atom. The molecular weight excluding hydrogens is 558 g/mol. The van der Waals surface area contributed by atoms with Crippen molar-refractivity contribution in [2.24, 2.45) is 0 Å². The van der Waals surface area contributed by atoms with E-state index >= 15 is 0 Å². The zero-order chi connectivity index (χ0) is 31.0. The lowest BCUT2D eigenvalue weighted by atomic mass is 10.0. The van der Waals surface area contributed by atoms with Gasteiger partial charge in [0.1, 0.15) is 12.6 Å². The van der Waals surface area contributed by atoms with Crippen molar-refractivity contribution in [1.29, 1.82) is 0 Å². The summed E-state index contributed by atoms with van der Waals surface area (Å²) in [5, 5.41) is 2.89. The quantitative estimate of drug-likeness (QED) is 0.231. The molecule has 43 heavy (non-hydrogen) atoms. The molecule has 0 unspecified atom stereocenters. The first-order valence-electron chi connectivity index (χ1n) is 14.4. The van der Waals surface area contributed by atoms with Gasteiger partial charge >= 0.3 is 0 Å². The van der Waals surface area contributed by atoms with Crippen LogP contribution in [0.15, 0.2) is 108 Å². The van der Waals surface area contributed by atoms with Crippen LogP contribution in [0.1, 0.15) is 34.7 Å². The maximum absolute atomic E-state index is 14.4. The number of para-hydroxylation sites is 1. The highest BCUT2D eigenvalue weighted by atomic mass is 32.2. The van der Waals surface area contributed by atoms with Crippen molar-refractivity contribution in [3.05, 3.63) is 131 Å². The van der Waals surface area contributed by atoms with Crippen LogP contribution in [0.5, 0.6) is 0 Å². The van der Waals surface area contributed by atoms with E-state index < -0.39 is 28.5 Å². The van der Waals surface area contributed by atoms with Crippen LogP contribution in [-0.4, -0.2) is 44.3 Å². The number of amides is 2. The third-order valence-corrected chi connectivity index (χ3v) is 9.14. The van der Waals surface area contributed by atoms with Crippen molar-refractivity contribution in [2.45, 2.75) is 51.6 Å². The average molecular weight is 598 g/mol. The zero-order valence-electron chi connectivity index (χ0n) is 25.2. The van der Waals surface area contributed by atoms with E-state index in [0.29, 0.717) is 17.8 Å². The topological polar surface area (TPSA) is 86.8 Å². The molecule has 0 aliphatic heterocycles. The maximum atomic E-state index is 14.4. The Labute approximate surface area is 255 Å². The smallest absolute Gasteiger partial charge is 0.264 e. The van der Waals surface area contributed by atoms with Gasteiger partial charge in [-0.2, -0.15) is 0 Å². The van der Waals surface area contributed by atoms with Gasteiger partial charge in [0.15, 0.2) is 0 Å². The number of hydrogen-bond acceptors (Lipinski definition) is 4. The van der Waals surface area contributed by atoms with E-state index in [0.717, 1.165) is 26.6 Å². The molecule has 0 heterocycles. The van der Waals surface area contributed by atoms with Gasteiger partial charge in [0.05, 0.1) is 10.6 Å². The first-order chi connectivity index (χ1) is 20.6. The van der Waals surface area contributed by atoms with Gasteiger partial charge in [0, 0.05) is 19.5 Å². The molecule has 4 rings (SSSR count). The van der Waals surface area contributed by atoms with Gasteiger partial charge in [0.2, 0.25) is 11.8 Å². The van der Waals surface area contributed by atoms with E-state index in [9.17, 15) is 18.0 Å². The summed E-state index contributed by atoms with van der Waals surface area (Å²) in [6.07, 6.45) is 0.277. The minimum atomic E-state index is -4.13. The summed E-state index contributed by atoms with van der Waals surface area (Å²) < 4.78 is 29.4. The fourth-order valence-corrected chi connectivity index (χ4v) is 6.41. The Kier molecular flexibility index (Phi) is 10.4. The van der Waals surface area contributed by atoms with E-state index in [1.807, 2.05) is 94.4 Å². The number of carbonyl (C=O) groups is 2. The normalized spacial score (nSPS) is 11.9. The second kappa shape index (κ2) is 14.2. The van der Waals surface area contributed by atoms with Crippen LogP contribution in [0.2, 0.25) is 0 Å². The predicted molar refractivity (Wildman–Crippen MR) is 171 cm³/mol. The monoisotopic (exact) mass is 597 g/mol. The number of sulfonamides is 1. The fraction of sp³-hybridized carbons (Fsp3) is 0.257. The third-order valence-electron chi connectivity index (χ3n) is 7.37. The lowest BCUT2D eigenvalue weighted by Gasteiger charge is -2.34. The second-order valence-corrected chi connectivity index (χ2v) is 12.6. The molecule has 0 aliphatic rings. The van der Waals surface area contributed by atoms with Crippen molar-refractivity contribution in [3.8, 4) is 0 Å². The number of nitrogens with zero attached hydrogens (tertiary/aromatic N) is 2. The highest BCUT2D eigenvalue weighted by Crippen LogP contribution is 2.28. The molecule has 0 spiro atoms. The molecule has 0 saturated heterocycles. The van der Waals surface area contributed by atoms with Crippen LogP contribution in [0.25, 0.3) is 0 Å². The maximum Gasteiger partial charge on any atom is 0.264 e. The van der Waals surface area contributed by atoms with E-state index in [1.54, 1.807) is 36.4 Å². The Morgan fingerprint density at radius 2 is 1.33 bits per heavy atom. The number of rotatable bonds is 12. The second-order valence-electron chi connectivity index (χ2n) is 10.7. The van der Waals surface area contributed by atoms with Gasteiger partial charge in [-0.05, 0) is 62.6 Å². The van der Waals surface area contributed by atoms with E-state index in [1.165, 1.54) is 4.90 Å². The third kappa shape index (κ3) is 7.90. The van der Waals surface area contributed by atoms with Crippen LogP contribution in [0.3, 0.4) is 0 Å². The summed E-state index contributed by atoms with van der Waals surface area (Å²) in [6, 6.07) is 30.1. The van der Waals surface area contributed by atoms with Crippen molar-refractivity contribution < 1.29 is 18.0 Å². The number of nitrogens with one attached hydrogen (secondary N) is 1. The van der Waals surface area contributed by atoms with Crippen LogP contribution >= 0.6 is 0 Å². The van der Waals surface area contributed by atoms with Crippen LogP contribution in [-0.2, 0) is 32.6 Å². The first-order valence-corrected chi connectivity index (χ1v) is 15.9. The standard InChI is InChI=1S/C35H39N3O4S/c1-5-36-35(40)33(23-29-12-7-6-8-13-29)37(24-30-19-15-26(2)16-20-30)34(39)25-38(32-14-10-9-11-28(32)4)43(41,42)31-21-17-27(3)18-22-31/h6-22,33H,5,23-25H2,1-4H3,(H,36,40)/t33-/m0/s1. The lowest BCUT2D eigenvalue weighted by molar-refractivity contribution is -0.140. The largest absolute Gasteiger partial charge is 0.355 e. The van der Waals surface area contributed by atoms with Crippen molar-refractivity contribution in [1.82, 2.24) is 10.2 Å².